The first-order valence-electron chi connectivity index (χ1n) is 28.8. The highest BCUT2D eigenvalue weighted by Gasteiger charge is 2.18. The van der Waals surface area contributed by atoms with E-state index in [0.717, 1.165) is 31.4 Å². The molecular formula is C54H35N3. The number of nitrogens with zero attached hydrogens (tertiary/aromatic N) is 3. The molecule has 0 spiro atoms. The zero-order valence-corrected chi connectivity index (χ0v) is 29.3. The van der Waals surface area contributed by atoms with E-state index in [4.69, 9.17) is 16.4 Å². The lowest BCUT2D eigenvalue weighted by molar-refractivity contribution is 1.15. The summed E-state index contributed by atoms with van der Waals surface area (Å²) in [5.41, 5.74) is -0.0829. The lowest BCUT2D eigenvalue weighted by Crippen LogP contribution is -1.97. The summed E-state index contributed by atoms with van der Waals surface area (Å²) in [5, 5.41) is -2.36. The number of hydrogen-bond donors (Lipinski definition) is 0. The normalized spacial score (nSPS) is 17.3. The predicted molar refractivity (Wildman–Crippen MR) is 240 cm³/mol. The summed E-state index contributed by atoms with van der Waals surface area (Å²) in [7, 11) is 0. The van der Waals surface area contributed by atoms with Gasteiger partial charge in [-0.25, -0.2) is 0 Å². The van der Waals surface area contributed by atoms with Gasteiger partial charge >= 0.3 is 0 Å². The van der Waals surface area contributed by atoms with Gasteiger partial charge in [0, 0.05) is 49.4 Å². The van der Waals surface area contributed by atoms with Gasteiger partial charge in [0.1, 0.15) is 0 Å². The first kappa shape index (κ1) is 17.0. The summed E-state index contributed by atoms with van der Waals surface area (Å²) in [6, 6.07) is 7.54. The number of benzene rings is 9. The van der Waals surface area contributed by atoms with Crippen LogP contribution in [0.15, 0.2) is 212 Å². The van der Waals surface area contributed by atoms with E-state index in [1.54, 1.807) is 24.3 Å². The van der Waals surface area contributed by atoms with Gasteiger partial charge in [0.15, 0.2) is 0 Å². The Morgan fingerprint density at radius 1 is 0.263 bits per heavy atom. The van der Waals surface area contributed by atoms with Gasteiger partial charge < -0.3 is 13.7 Å². The Morgan fingerprint density at radius 2 is 0.632 bits per heavy atom. The maximum atomic E-state index is 10.2. The lowest BCUT2D eigenvalue weighted by Gasteiger charge is -2.12. The van der Waals surface area contributed by atoms with E-state index < -0.39 is 188 Å². The smallest absolute Gasteiger partial charge is 0.0667 e. The predicted octanol–water partition coefficient (Wildman–Crippen LogP) is 14.3. The third-order valence-electron chi connectivity index (χ3n) is 10.2. The minimum Gasteiger partial charge on any atom is -0.309 e. The highest BCUT2D eigenvalue weighted by Crippen LogP contribution is 2.39. The Bertz CT molecular complexity index is 4700. The zero-order chi connectivity index (χ0) is 56.6. The number of hydrogen-bond acceptors (Lipinski definition) is 0. The molecule has 0 amide bonds. The summed E-state index contributed by atoms with van der Waals surface area (Å²) >= 11 is 0. The topological polar surface area (TPSA) is 14.8 Å². The molecule has 12 aromatic rings. The van der Waals surface area contributed by atoms with Gasteiger partial charge in [0.25, 0.3) is 0 Å². The summed E-state index contributed by atoms with van der Waals surface area (Å²) < 4.78 is 205. The second-order valence-electron chi connectivity index (χ2n) is 13.3. The van der Waals surface area contributed by atoms with Crippen molar-refractivity contribution >= 4 is 65.4 Å². The average molecular weight is 748 g/mol. The molecule has 0 bridgehead atoms. The van der Waals surface area contributed by atoms with Crippen molar-refractivity contribution in [2.24, 2.45) is 0 Å². The van der Waals surface area contributed by atoms with Gasteiger partial charge in [-0.2, -0.15) is 0 Å². The second-order valence-corrected chi connectivity index (χ2v) is 13.3. The Balaban J connectivity index is 1.22. The van der Waals surface area contributed by atoms with Crippen LogP contribution in [0.5, 0.6) is 0 Å². The SMILES string of the molecule is [2H]c1c([2H])c([2H])c2c(c1[2H])c1c([2H])c(-n3c4c([2H])c([2H])c([2H])c([2H])c4c4c([2H])c([2H])c(-n5c6c([2H])c([2H])c([2H])c([2H])c6c6c([2H])c([2H])c([2H])c([2H])c65)c([2H])c43)c([2H])c([2H])c1n2-c1ccc(-c2ccc(-c3ccccc3)cc2)cc1. The molecule has 0 saturated carbocycles. The van der Waals surface area contributed by atoms with Crippen molar-refractivity contribution < 1.29 is 30.2 Å². The summed E-state index contributed by atoms with van der Waals surface area (Å²) in [5.74, 6) is 0. The number of para-hydroxylation sites is 4. The summed E-state index contributed by atoms with van der Waals surface area (Å²) in [4.78, 5) is 0. The van der Waals surface area contributed by atoms with Crippen LogP contribution in [0.3, 0.4) is 0 Å². The Morgan fingerprint density at radius 3 is 1.18 bits per heavy atom. The Kier molecular flexibility index (Phi) is 3.72. The summed E-state index contributed by atoms with van der Waals surface area (Å²) in [6.45, 7) is 0. The molecule has 3 aromatic heterocycles. The maximum absolute atomic E-state index is 10.2. The van der Waals surface area contributed by atoms with Crippen LogP contribution < -0.4 is 0 Å². The van der Waals surface area contributed by atoms with Crippen LogP contribution in [0.1, 0.15) is 30.2 Å². The standard InChI is InChI=1S/C54H35N3/c1-2-12-36(13-3-1)37-22-24-38(25-23-37)39-26-28-40(29-27-39)55-52-21-11-7-17-46(52)48-34-41(31-33-53(48)55)57-51-20-10-6-16-45(51)47-32-30-42(35-54(47)57)56-49-18-8-4-14-43(49)44-15-5-9-19-50(44)56/h1-35H/i4D,5D,6D,7D,8D,9D,10D,11D,14D,15D,16D,17D,18D,19D,20D,21D,30D,31D,32D,33D,34D,35D. The molecule has 0 aliphatic carbocycles. The van der Waals surface area contributed by atoms with E-state index >= 15 is 0 Å². The van der Waals surface area contributed by atoms with Gasteiger partial charge in [0.05, 0.1) is 63.3 Å². The van der Waals surface area contributed by atoms with E-state index in [1.165, 1.54) is 4.57 Å². The van der Waals surface area contributed by atoms with E-state index in [0.29, 0.717) is 0 Å². The third-order valence-corrected chi connectivity index (χ3v) is 10.2. The van der Waals surface area contributed by atoms with Crippen LogP contribution in [-0.4, -0.2) is 13.7 Å². The van der Waals surface area contributed by atoms with E-state index in [-0.39, 0.29) is 27.5 Å². The molecule has 0 unspecified atom stereocenters. The highest BCUT2D eigenvalue weighted by atomic mass is 15.0. The van der Waals surface area contributed by atoms with Crippen molar-refractivity contribution in [2.75, 3.05) is 0 Å². The van der Waals surface area contributed by atoms with Crippen LogP contribution in [0, 0.1) is 0 Å². The van der Waals surface area contributed by atoms with Crippen molar-refractivity contribution in [1.82, 2.24) is 13.7 Å². The first-order valence-corrected chi connectivity index (χ1v) is 17.8. The monoisotopic (exact) mass is 747 g/mol. The molecule has 0 aliphatic heterocycles. The van der Waals surface area contributed by atoms with Crippen LogP contribution in [-0.2, 0) is 0 Å². The molecule has 3 heteroatoms. The molecular weight excluding hydrogens is 691 g/mol. The van der Waals surface area contributed by atoms with Gasteiger partial charge in [-0.3, -0.25) is 0 Å². The molecule has 0 atom stereocenters. The van der Waals surface area contributed by atoms with Crippen molar-refractivity contribution in [1.29, 1.82) is 0 Å². The van der Waals surface area contributed by atoms with Crippen LogP contribution >= 0.6 is 0 Å². The van der Waals surface area contributed by atoms with Crippen molar-refractivity contribution in [3.63, 3.8) is 0 Å². The number of aromatic nitrogens is 3. The largest absolute Gasteiger partial charge is 0.309 e. The quantitative estimate of drug-likeness (QED) is 0.167. The average Bonchev–Trinajstić information content (AvgIpc) is 4.21. The van der Waals surface area contributed by atoms with E-state index in [9.17, 15) is 13.7 Å². The molecule has 3 heterocycles. The second kappa shape index (κ2) is 12.5. The fourth-order valence-corrected chi connectivity index (χ4v) is 7.64. The van der Waals surface area contributed by atoms with Gasteiger partial charge in [-0.1, -0.05) is 145 Å². The molecule has 57 heavy (non-hydrogen) atoms. The number of fused-ring (bicyclic) bond motifs is 9. The van der Waals surface area contributed by atoms with Gasteiger partial charge in [0.2, 0.25) is 0 Å². The Labute approximate surface area is 360 Å². The van der Waals surface area contributed by atoms with Crippen LogP contribution in [0.2, 0.25) is 0 Å². The molecule has 0 radical (unpaired) electrons. The first-order chi connectivity index (χ1) is 37.5. The maximum Gasteiger partial charge on any atom is 0.0667 e. The minimum absolute atomic E-state index is 0.181. The molecule has 9 aromatic carbocycles. The third kappa shape index (κ3) is 4.86. The van der Waals surface area contributed by atoms with Gasteiger partial charge in [-0.15, -0.1) is 0 Å². The fraction of sp³-hybridized carbons (Fsp3) is 0. The lowest BCUT2D eigenvalue weighted by atomic mass is 10.0. The van der Waals surface area contributed by atoms with Crippen molar-refractivity contribution in [3.05, 3.63) is 212 Å². The molecule has 266 valence electrons. The van der Waals surface area contributed by atoms with Crippen molar-refractivity contribution in [3.8, 4) is 39.3 Å². The fourth-order valence-electron chi connectivity index (χ4n) is 7.64. The van der Waals surface area contributed by atoms with Crippen LogP contribution in [0.25, 0.3) is 105 Å². The van der Waals surface area contributed by atoms with Crippen LogP contribution in [0.4, 0.5) is 0 Å². The molecule has 0 aliphatic rings. The molecule has 0 N–H and O–H groups in total. The summed E-state index contributed by atoms with van der Waals surface area (Å²) in [6.07, 6.45) is 0. The Hall–Kier alpha value is -7.62. The minimum atomic E-state index is -0.898. The van der Waals surface area contributed by atoms with Gasteiger partial charge in [-0.05, 0) is 88.8 Å². The van der Waals surface area contributed by atoms with Crippen molar-refractivity contribution in [2.45, 2.75) is 0 Å². The number of rotatable bonds is 5. The van der Waals surface area contributed by atoms with E-state index in [2.05, 4.69) is 0 Å². The highest BCUT2D eigenvalue weighted by molar-refractivity contribution is 6.13. The molecule has 3 nitrogen and oxygen atoms in total. The molecule has 0 saturated heterocycles. The molecule has 12 rings (SSSR count). The zero-order valence-electron chi connectivity index (χ0n) is 51.3. The van der Waals surface area contributed by atoms with E-state index in [1.807, 2.05) is 54.6 Å². The molecule has 0 fully saturated rings.